The highest BCUT2D eigenvalue weighted by Crippen LogP contribution is 2.57. The Hall–Kier alpha value is -0.0400. The van der Waals surface area contributed by atoms with Gasteiger partial charge in [0.25, 0.3) is 0 Å². The van der Waals surface area contributed by atoms with Crippen LogP contribution in [0.3, 0.4) is 0 Å². The lowest BCUT2D eigenvalue weighted by Crippen LogP contribution is -2.46. The Bertz CT molecular complexity index is 253. The summed E-state index contributed by atoms with van der Waals surface area (Å²) < 4.78 is 0. The van der Waals surface area contributed by atoms with Crippen LogP contribution in [0.25, 0.3) is 0 Å². The predicted molar refractivity (Wildman–Crippen MR) is 72.9 cm³/mol. The van der Waals surface area contributed by atoms with Gasteiger partial charge in [0, 0.05) is 5.54 Å². The van der Waals surface area contributed by atoms with Crippen molar-refractivity contribution in [1.29, 1.82) is 0 Å². The van der Waals surface area contributed by atoms with Gasteiger partial charge in [-0.1, -0.05) is 0 Å². The Morgan fingerprint density at radius 1 is 0.941 bits per heavy atom. The fraction of sp³-hybridized carbons (Fsp3) is 1.00. The maximum atomic E-state index is 3.46. The summed E-state index contributed by atoms with van der Waals surface area (Å²) in [6.45, 7) is 4.70. The molecule has 4 aliphatic rings. The van der Waals surface area contributed by atoms with Gasteiger partial charge >= 0.3 is 0 Å². The third-order valence-corrected chi connectivity index (χ3v) is 6.20. The molecule has 0 unspecified atom stereocenters. The van der Waals surface area contributed by atoms with Crippen LogP contribution < -0.4 is 5.32 Å². The topological polar surface area (TPSA) is 12.0 Å². The minimum Gasteiger partial charge on any atom is -0.315 e. The molecule has 0 heterocycles. The Kier molecular flexibility index (Phi) is 3.01. The van der Waals surface area contributed by atoms with Crippen LogP contribution in [-0.2, 0) is 0 Å². The fourth-order valence-corrected chi connectivity index (χ4v) is 5.16. The molecular formula is C16H29N. The molecule has 1 nitrogen and oxygen atoms in total. The second-order valence-electron chi connectivity index (χ2n) is 7.77. The molecule has 17 heavy (non-hydrogen) atoms. The molecule has 0 aromatic carbocycles. The van der Waals surface area contributed by atoms with E-state index in [1.165, 1.54) is 12.8 Å². The molecule has 0 aromatic rings. The number of hydrogen-bond donors (Lipinski definition) is 1. The molecule has 4 bridgehead atoms. The minimum absolute atomic E-state index is 0.342. The molecule has 98 valence electrons. The molecule has 4 fully saturated rings. The lowest BCUT2D eigenvalue weighted by atomic mass is 9.51. The molecule has 1 heteroatoms. The Balaban J connectivity index is 1.61. The third-order valence-electron chi connectivity index (χ3n) is 6.20. The summed E-state index contributed by atoms with van der Waals surface area (Å²) in [4.78, 5) is 0. The van der Waals surface area contributed by atoms with Gasteiger partial charge < -0.3 is 5.32 Å². The largest absolute Gasteiger partial charge is 0.315 e. The molecule has 4 aliphatic carbocycles. The SMILES string of the molecule is CNC(C)(C)CCC1C2CC3CC(C2)CC1C3. The van der Waals surface area contributed by atoms with E-state index in [1.807, 2.05) is 0 Å². The molecule has 0 atom stereocenters. The lowest BCUT2D eigenvalue weighted by molar-refractivity contribution is -0.0421. The maximum absolute atomic E-state index is 3.46. The van der Waals surface area contributed by atoms with E-state index >= 15 is 0 Å². The quantitative estimate of drug-likeness (QED) is 0.781. The smallest absolute Gasteiger partial charge is 0.0122 e. The van der Waals surface area contributed by atoms with Crippen LogP contribution >= 0.6 is 0 Å². The van der Waals surface area contributed by atoms with Gasteiger partial charge in [0.05, 0.1) is 0 Å². The zero-order valence-corrected chi connectivity index (χ0v) is 11.8. The van der Waals surface area contributed by atoms with Crippen molar-refractivity contribution < 1.29 is 0 Å². The summed E-state index contributed by atoms with van der Waals surface area (Å²) >= 11 is 0. The van der Waals surface area contributed by atoms with Gasteiger partial charge in [0.15, 0.2) is 0 Å². The molecule has 0 saturated heterocycles. The van der Waals surface area contributed by atoms with Crippen molar-refractivity contribution in [3.8, 4) is 0 Å². The van der Waals surface area contributed by atoms with E-state index in [1.54, 1.807) is 32.1 Å². The lowest BCUT2D eigenvalue weighted by Gasteiger charge is -2.55. The highest BCUT2D eigenvalue weighted by atomic mass is 14.9. The average Bonchev–Trinajstić information content (AvgIpc) is 2.27. The number of rotatable bonds is 4. The van der Waals surface area contributed by atoms with E-state index in [9.17, 15) is 0 Å². The van der Waals surface area contributed by atoms with Gasteiger partial charge in [-0.2, -0.15) is 0 Å². The predicted octanol–water partition coefficient (Wildman–Crippen LogP) is 3.84. The van der Waals surface area contributed by atoms with Crippen LogP contribution in [0.5, 0.6) is 0 Å². The first-order chi connectivity index (χ1) is 8.07. The van der Waals surface area contributed by atoms with Crippen molar-refractivity contribution in [2.75, 3.05) is 7.05 Å². The summed E-state index contributed by atoms with van der Waals surface area (Å²) in [6, 6.07) is 0. The zero-order valence-electron chi connectivity index (χ0n) is 11.8. The first kappa shape index (κ1) is 12.0. The fourth-order valence-electron chi connectivity index (χ4n) is 5.16. The molecule has 4 rings (SSSR count). The van der Waals surface area contributed by atoms with Gasteiger partial charge in [0.1, 0.15) is 0 Å². The van der Waals surface area contributed by atoms with Crippen LogP contribution in [0.15, 0.2) is 0 Å². The van der Waals surface area contributed by atoms with Crippen molar-refractivity contribution >= 4 is 0 Å². The number of nitrogens with one attached hydrogen (secondary N) is 1. The Labute approximate surface area is 107 Å². The standard InChI is InChI=1S/C16H29N/c1-16(2,17-3)5-4-15-13-7-11-6-12(9-13)10-14(15)8-11/h11-15,17H,4-10H2,1-3H3. The van der Waals surface area contributed by atoms with Gasteiger partial charge in [0.2, 0.25) is 0 Å². The first-order valence-electron chi connectivity index (χ1n) is 7.76. The Morgan fingerprint density at radius 2 is 1.47 bits per heavy atom. The molecule has 0 aromatic heterocycles. The van der Waals surface area contributed by atoms with Crippen molar-refractivity contribution in [2.45, 2.75) is 64.3 Å². The van der Waals surface area contributed by atoms with Crippen molar-refractivity contribution in [2.24, 2.45) is 29.6 Å². The van der Waals surface area contributed by atoms with Crippen LogP contribution in [-0.4, -0.2) is 12.6 Å². The summed E-state index contributed by atoms with van der Waals surface area (Å²) in [6.07, 6.45) is 10.7. The van der Waals surface area contributed by atoms with Gasteiger partial charge in [-0.15, -0.1) is 0 Å². The number of hydrogen-bond acceptors (Lipinski definition) is 1. The summed E-state index contributed by atoms with van der Waals surface area (Å²) in [5.41, 5.74) is 0.342. The normalized spacial score (nSPS) is 44.3. The molecular weight excluding hydrogens is 206 g/mol. The van der Waals surface area contributed by atoms with Crippen molar-refractivity contribution in [3.05, 3.63) is 0 Å². The average molecular weight is 235 g/mol. The second-order valence-corrected chi connectivity index (χ2v) is 7.77. The highest BCUT2D eigenvalue weighted by Gasteiger charge is 2.47. The molecule has 0 aliphatic heterocycles. The molecule has 0 radical (unpaired) electrons. The monoisotopic (exact) mass is 235 g/mol. The summed E-state index contributed by atoms with van der Waals surface area (Å²) in [5, 5.41) is 3.46. The van der Waals surface area contributed by atoms with E-state index in [4.69, 9.17) is 0 Å². The Morgan fingerprint density at radius 3 is 1.94 bits per heavy atom. The summed E-state index contributed by atoms with van der Waals surface area (Å²) in [7, 11) is 2.11. The van der Waals surface area contributed by atoms with E-state index < -0.39 is 0 Å². The van der Waals surface area contributed by atoms with E-state index in [2.05, 4.69) is 26.2 Å². The van der Waals surface area contributed by atoms with E-state index in [0.717, 1.165) is 29.6 Å². The molecule has 0 spiro atoms. The highest BCUT2D eigenvalue weighted by molar-refractivity contribution is 4.98. The first-order valence-corrected chi connectivity index (χ1v) is 7.76. The molecule has 1 N–H and O–H groups in total. The minimum atomic E-state index is 0.342. The van der Waals surface area contributed by atoms with Gasteiger partial charge in [-0.25, -0.2) is 0 Å². The van der Waals surface area contributed by atoms with Gasteiger partial charge in [-0.05, 0) is 95.4 Å². The van der Waals surface area contributed by atoms with Crippen molar-refractivity contribution in [1.82, 2.24) is 5.32 Å². The summed E-state index contributed by atoms with van der Waals surface area (Å²) in [5.74, 6) is 5.56. The second kappa shape index (κ2) is 4.26. The van der Waals surface area contributed by atoms with Crippen LogP contribution in [0.2, 0.25) is 0 Å². The van der Waals surface area contributed by atoms with Crippen LogP contribution in [0.1, 0.15) is 58.8 Å². The van der Waals surface area contributed by atoms with Gasteiger partial charge in [-0.3, -0.25) is 0 Å². The third kappa shape index (κ3) is 2.28. The van der Waals surface area contributed by atoms with Crippen LogP contribution in [0.4, 0.5) is 0 Å². The molecule has 0 amide bonds. The zero-order chi connectivity index (χ0) is 12.0. The van der Waals surface area contributed by atoms with Crippen LogP contribution in [0, 0.1) is 29.6 Å². The molecule has 4 saturated carbocycles. The van der Waals surface area contributed by atoms with E-state index in [0.29, 0.717) is 5.54 Å². The van der Waals surface area contributed by atoms with E-state index in [-0.39, 0.29) is 0 Å². The maximum Gasteiger partial charge on any atom is 0.0122 e. The van der Waals surface area contributed by atoms with Crippen molar-refractivity contribution in [3.63, 3.8) is 0 Å².